The molecule has 0 aliphatic heterocycles. The standard InChI is InChI=1S/C12H19N3O/c1-2-4-10(8-13)11(16)7-9-5-3-6-15-12(9)14/h3,5-6,10H,2,4,7-8,13H2,1H3,(H2,14,15). The van der Waals surface area contributed by atoms with Gasteiger partial charge in [0.2, 0.25) is 0 Å². The van der Waals surface area contributed by atoms with Gasteiger partial charge in [0.25, 0.3) is 0 Å². The smallest absolute Gasteiger partial charge is 0.141 e. The molecule has 1 unspecified atom stereocenters. The first kappa shape index (κ1) is 12.6. The lowest BCUT2D eigenvalue weighted by Gasteiger charge is -2.12. The van der Waals surface area contributed by atoms with Crippen molar-refractivity contribution in [3.8, 4) is 0 Å². The van der Waals surface area contributed by atoms with Gasteiger partial charge in [-0.05, 0) is 12.5 Å². The van der Waals surface area contributed by atoms with Crippen molar-refractivity contribution in [1.82, 2.24) is 4.98 Å². The lowest BCUT2D eigenvalue weighted by molar-refractivity contribution is -0.122. The summed E-state index contributed by atoms with van der Waals surface area (Å²) in [5.74, 6) is 0.539. The minimum Gasteiger partial charge on any atom is -0.383 e. The Morgan fingerprint density at radius 3 is 2.88 bits per heavy atom. The second-order valence-corrected chi connectivity index (χ2v) is 3.91. The molecule has 4 nitrogen and oxygen atoms in total. The Labute approximate surface area is 96.0 Å². The van der Waals surface area contributed by atoms with Crippen LogP contribution in [0.3, 0.4) is 0 Å². The van der Waals surface area contributed by atoms with Crippen LogP contribution in [-0.2, 0) is 11.2 Å². The van der Waals surface area contributed by atoms with E-state index in [-0.39, 0.29) is 11.7 Å². The lowest BCUT2D eigenvalue weighted by Crippen LogP contribution is -2.25. The van der Waals surface area contributed by atoms with Crippen molar-refractivity contribution in [2.75, 3.05) is 12.3 Å². The van der Waals surface area contributed by atoms with Gasteiger partial charge >= 0.3 is 0 Å². The number of nitrogen functional groups attached to an aromatic ring is 1. The molecule has 0 saturated heterocycles. The molecule has 0 saturated carbocycles. The maximum Gasteiger partial charge on any atom is 0.141 e. The van der Waals surface area contributed by atoms with Crippen LogP contribution in [0.25, 0.3) is 0 Å². The number of nitrogens with two attached hydrogens (primary N) is 2. The number of pyridine rings is 1. The van der Waals surface area contributed by atoms with Crippen molar-refractivity contribution in [2.45, 2.75) is 26.2 Å². The summed E-state index contributed by atoms with van der Waals surface area (Å²) in [5, 5.41) is 0. The number of rotatable bonds is 6. The average molecular weight is 221 g/mol. The molecule has 0 spiro atoms. The van der Waals surface area contributed by atoms with Crippen molar-refractivity contribution in [3.05, 3.63) is 23.9 Å². The first-order valence-corrected chi connectivity index (χ1v) is 5.61. The van der Waals surface area contributed by atoms with E-state index in [1.54, 1.807) is 12.3 Å². The van der Waals surface area contributed by atoms with Gasteiger partial charge in [0.1, 0.15) is 11.6 Å². The van der Waals surface area contributed by atoms with E-state index in [1.807, 2.05) is 13.0 Å². The SMILES string of the molecule is CCCC(CN)C(=O)Cc1cccnc1N. The first-order valence-electron chi connectivity index (χ1n) is 5.61. The van der Waals surface area contributed by atoms with Crippen LogP contribution in [0.5, 0.6) is 0 Å². The highest BCUT2D eigenvalue weighted by atomic mass is 16.1. The van der Waals surface area contributed by atoms with Crippen molar-refractivity contribution in [1.29, 1.82) is 0 Å². The molecule has 4 heteroatoms. The Bertz CT molecular complexity index is 352. The molecular weight excluding hydrogens is 202 g/mol. The highest BCUT2D eigenvalue weighted by Crippen LogP contribution is 2.13. The van der Waals surface area contributed by atoms with E-state index in [4.69, 9.17) is 11.5 Å². The Morgan fingerprint density at radius 2 is 2.31 bits per heavy atom. The molecule has 0 aliphatic carbocycles. The first-order chi connectivity index (χ1) is 7.69. The van der Waals surface area contributed by atoms with Crippen LogP contribution in [-0.4, -0.2) is 17.3 Å². The normalized spacial score (nSPS) is 12.4. The summed E-state index contributed by atoms with van der Waals surface area (Å²) < 4.78 is 0. The third kappa shape index (κ3) is 3.31. The maximum atomic E-state index is 11.9. The van der Waals surface area contributed by atoms with Gasteiger partial charge in [0, 0.05) is 30.6 Å². The van der Waals surface area contributed by atoms with Gasteiger partial charge in [-0.25, -0.2) is 4.98 Å². The predicted octanol–water partition coefficient (Wildman–Crippen LogP) is 1.15. The summed E-state index contributed by atoms with van der Waals surface area (Å²) in [5.41, 5.74) is 12.1. The minimum absolute atomic E-state index is 0.0513. The van der Waals surface area contributed by atoms with Crippen molar-refractivity contribution >= 4 is 11.6 Å². The molecule has 16 heavy (non-hydrogen) atoms. The van der Waals surface area contributed by atoms with Gasteiger partial charge in [0.15, 0.2) is 0 Å². The molecule has 0 fully saturated rings. The summed E-state index contributed by atoms with van der Waals surface area (Å²) in [6.45, 7) is 2.46. The monoisotopic (exact) mass is 221 g/mol. The fourth-order valence-corrected chi connectivity index (χ4v) is 1.69. The van der Waals surface area contributed by atoms with Gasteiger partial charge in [0.05, 0.1) is 0 Å². The second-order valence-electron chi connectivity index (χ2n) is 3.91. The second kappa shape index (κ2) is 6.23. The van der Waals surface area contributed by atoms with E-state index >= 15 is 0 Å². The lowest BCUT2D eigenvalue weighted by atomic mass is 9.94. The third-order valence-electron chi connectivity index (χ3n) is 2.67. The highest BCUT2D eigenvalue weighted by Gasteiger charge is 2.17. The molecule has 1 atom stereocenters. The Morgan fingerprint density at radius 1 is 1.56 bits per heavy atom. The van der Waals surface area contributed by atoms with Crippen LogP contribution >= 0.6 is 0 Å². The van der Waals surface area contributed by atoms with Gasteiger partial charge in [-0.2, -0.15) is 0 Å². The van der Waals surface area contributed by atoms with Crippen molar-refractivity contribution in [3.63, 3.8) is 0 Å². The number of hydrogen-bond donors (Lipinski definition) is 2. The molecule has 0 aromatic carbocycles. The van der Waals surface area contributed by atoms with Gasteiger partial charge in [-0.1, -0.05) is 19.4 Å². The minimum atomic E-state index is -0.0513. The number of carbonyl (C=O) groups is 1. The predicted molar refractivity (Wildman–Crippen MR) is 64.8 cm³/mol. The number of ketones is 1. The zero-order valence-electron chi connectivity index (χ0n) is 9.65. The number of Topliss-reactive ketones (excluding diaryl/α,β-unsaturated/α-hetero) is 1. The molecule has 1 rings (SSSR count). The largest absolute Gasteiger partial charge is 0.383 e. The number of anilines is 1. The molecule has 0 amide bonds. The average Bonchev–Trinajstić information content (AvgIpc) is 2.29. The third-order valence-corrected chi connectivity index (χ3v) is 2.67. The van der Waals surface area contributed by atoms with Gasteiger partial charge in [-0.15, -0.1) is 0 Å². The number of aromatic nitrogens is 1. The Balaban J connectivity index is 2.66. The quantitative estimate of drug-likeness (QED) is 0.755. The zero-order valence-corrected chi connectivity index (χ0v) is 9.65. The fraction of sp³-hybridized carbons (Fsp3) is 0.500. The van der Waals surface area contributed by atoms with Crippen LogP contribution in [0.2, 0.25) is 0 Å². The van der Waals surface area contributed by atoms with Crippen molar-refractivity contribution < 1.29 is 4.79 Å². The van der Waals surface area contributed by atoms with Gasteiger partial charge in [-0.3, -0.25) is 4.79 Å². The van der Waals surface area contributed by atoms with Crippen LogP contribution in [0, 0.1) is 5.92 Å². The summed E-state index contributed by atoms with van der Waals surface area (Å²) in [6, 6.07) is 3.62. The molecule has 88 valence electrons. The van der Waals surface area contributed by atoms with Crippen molar-refractivity contribution in [2.24, 2.45) is 11.7 Å². The highest BCUT2D eigenvalue weighted by molar-refractivity contribution is 5.84. The molecule has 0 bridgehead atoms. The summed E-state index contributed by atoms with van der Waals surface area (Å²) >= 11 is 0. The fourth-order valence-electron chi connectivity index (χ4n) is 1.69. The molecule has 1 aromatic rings. The van der Waals surface area contributed by atoms with Crippen LogP contribution < -0.4 is 11.5 Å². The molecule has 1 aromatic heterocycles. The van der Waals surface area contributed by atoms with Crippen LogP contribution in [0.15, 0.2) is 18.3 Å². The van der Waals surface area contributed by atoms with Crippen LogP contribution in [0.4, 0.5) is 5.82 Å². The Hall–Kier alpha value is -1.42. The van der Waals surface area contributed by atoms with E-state index in [0.717, 1.165) is 18.4 Å². The topological polar surface area (TPSA) is 82.0 Å². The molecular formula is C12H19N3O. The van der Waals surface area contributed by atoms with E-state index in [0.29, 0.717) is 18.8 Å². The summed E-state index contributed by atoms with van der Waals surface area (Å²) in [6.07, 6.45) is 3.77. The van der Waals surface area contributed by atoms with E-state index in [2.05, 4.69) is 4.98 Å². The van der Waals surface area contributed by atoms with E-state index in [1.165, 1.54) is 0 Å². The number of hydrogen-bond acceptors (Lipinski definition) is 4. The van der Waals surface area contributed by atoms with Crippen LogP contribution in [0.1, 0.15) is 25.3 Å². The maximum absolute atomic E-state index is 11.9. The molecule has 0 aliphatic rings. The summed E-state index contributed by atoms with van der Waals surface area (Å²) in [4.78, 5) is 15.9. The summed E-state index contributed by atoms with van der Waals surface area (Å²) in [7, 11) is 0. The zero-order chi connectivity index (χ0) is 12.0. The molecule has 4 N–H and O–H groups in total. The molecule has 1 heterocycles. The number of nitrogens with zero attached hydrogens (tertiary/aromatic N) is 1. The van der Waals surface area contributed by atoms with E-state index in [9.17, 15) is 4.79 Å². The van der Waals surface area contributed by atoms with Gasteiger partial charge < -0.3 is 11.5 Å². The number of carbonyl (C=O) groups excluding carboxylic acids is 1. The van der Waals surface area contributed by atoms with E-state index < -0.39 is 0 Å². The molecule has 0 radical (unpaired) electrons. The Kier molecular flexibility index (Phi) is 4.92.